The van der Waals surface area contributed by atoms with Crippen molar-refractivity contribution < 1.29 is 0 Å². The van der Waals surface area contributed by atoms with Gasteiger partial charge in [0.05, 0.1) is 15.1 Å². The van der Waals surface area contributed by atoms with Gasteiger partial charge in [0, 0.05) is 11.1 Å². The molecule has 1 aromatic heterocycles. The molecule has 3 nitrogen and oxygen atoms in total. The number of nitrogens with zero attached hydrogens (tertiary/aromatic N) is 3. The molecule has 3 aromatic rings. The molecule has 0 atom stereocenters. The van der Waals surface area contributed by atoms with Crippen LogP contribution in [0.1, 0.15) is 11.1 Å². The smallest absolute Gasteiger partial charge is 0.164 e. The van der Waals surface area contributed by atoms with Gasteiger partial charge in [0.1, 0.15) is 12.7 Å². The number of benzene rings is 2. The highest BCUT2D eigenvalue weighted by atomic mass is 35.5. The maximum absolute atomic E-state index is 6.46. The van der Waals surface area contributed by atoms with Gasteiger partial charge in [-0.05, 0) is 23.1 Å². The monoisotopic (exact) mass is 347 g/mol. The third-order valence-corrected chi connectivity index (χ3v) is 5.13. The molecule has 108 valence electrons. The van der Waals surface area contributed by atoms with Gasteiger partial charge >= 0.3 is 0 Å². The molecule has 1 aliphatic rings. The SMILES string of the molecule is Clc1c(Cl)c(-c2ncncn2)c2c(c1Cl)-c1ccccc1C2. The van der Waals surface area contributed by atoms with Gasteiger partial charge in [0.25, 0.3) is 0 Å². The van der Waals surface area contributed by atoms with Crippen molar-refractivity contribution in [2.45, 2.75) is 6.42 Å². The molecule has 0 fully saturated rings. The lowest BCUT2D eigenvalue weighted by Gasteiger charge is -2.13. The summed E-state index contributed by atoms with van der Waals surface area (Å²) in [4.78, 5) is 12.3. The average Bonchev–Trinajstić information content (AvgIpc) is 2.93. The van der Waals surface area contributed by atoms with Crippen molar-refractivity contribution in [3.05, 3.63) is 63.1 Å². The van der Waals surface area contributed by atoms with Crippen LogP contribution in [0.25, 0.3) is 22.5 Å². The highest BCUT2D eigenvalue weighted by Gasteiger charge is 2.29. The van der Waals surface area contributed by atoms with Gasteiger partial charge in [-0.15, -0.1) is 0 Å². The zero-order valence-corrected chi connectivity index (χ0v) is 13.4. The summed E-state index contributed by atoms with van der Waals surface area (Å²) in [5, 5.41) is 1.18. The Hall–Kier alpha value is -1.68. The van der Waals surface area contributed by atoms with Crippen LogP contribution in [0.2, 0.25) is 15.1 Å². The first kappa shape index (κ1) is 13.9. The van der Waals surface area contributed by atoms with E-state index in [1.165, 1.54) is 18.2 Å². The summed E-state index contributed by atoms with van der Waals surface area (Å²) in [6.45, 7) is 0. The van der Waals surface area contributed by atoms with E-state index in [2.05, 4.69) is 21.0 Å². The second-order valence-corrected chi connectivity index (χ2v) is 6.10. The summed E-state index contributed by atoms with van der Waals surface area (Å²) < 4.78 is 0. The lowest BCUT2D eigenvalue weighted by atomic mass is 10.0. The normalized spacial score (nSPS) is 12.1. The summed E-state index contributed by atoms with van der Waals surface area (Å²) >= 11 is 19.3. The highest BCUT2D eigenvalue weighted by Crippen LogP contribution is 2.51. The highest BCUT2D eigenvalue weighted by molar-refractivity contribution is 6.50. The molecule has 0 bridgehead atoms. The van der Waals surface area contributed by atoms with E-state index < -0.39 is 0 Å². The molecule has 2 aromatic carbocycles. The maximum atomic E-state index is 6.46. The van der Waals surface area contributed by atoms with E-state index in [9.17, 15) is 0 Å². The molecule has 0 amide bonds. The van der Waals surface area contributed by atoms with E-state index in [0.29, 0.717) is 20.9 Å². The first-order valence-electron chi connectivity index (χ1n) is 6.58. The molecule has 0 radical (unpaired) electrons. The van der Waals surface area contributed by atoms with Crippen molar-refractivity contribution >= 4 is 34.8 Å². The molecule has 22 heavy (non-hydrogen) atoms. The van der Waals surface area contributed by atoms with Gasteiger partial charge in [0.2, 0.25) is 0 Å². The van der Waals surface area contributed by atoms with Gasteiger partial charge in [-0.1, -0.05) is 59.1 Å². The van der Waals surface area contributed by atoms with Crippen molar-refractivity contribution in [2.24, 2.45) is 0 Å². The summed E-state index contributed by atoms with van der Waals surface area (Å²) in [5.74, 6) is 0.502. The second kappa shape index (κ2) is 5.20. The number of rotatable bonds is 1. The summed E-state index contributed by atoms with van der Waals surface area (Å²) in [7, 11) is 0. The molecule has 0 saturated carbocycles. The second-order valence-electron chi connectivity index (χ2n) is 4.97. The van der Waals surface area contributed by atoms with E-state index in [4.69, 9.17) is 34.8 Å². The van der Waals surface area contributed by atoms with E-state index in [1.54, 1.807) is 0 Å². The summed E-state index contributed by atoms with van der Waals surface area (Å²) in [6.07, 6.45) is 3.61. The zero-order valence-electron chi connectivity index (χ0n) is 11.1. The number of fused-ring (bicyclic) bond motifs is 3. The molecule has 6 heteroatoms. The molecule has 0 saturated heterocycles. The predicted molar refractivity (Wildman–Crippen MR) is 88.5 cm³/mol. The Morgan fingerprint density at radius 1 is 0.818 bits per heavy atom. The van der Waals surface area contributed by atoms with Crippen molar-refractivity contribution in [1.82, 2.24) is 15.0 Å². The van der Waals surface area contributed by atoms with E-state index in [1.807, 2.05) is 18.2 Å². The van der Waals surface area contributed by atoms with Crippen LogP contribution in [0.3, 0.4) is 0 Å². The molecular weight excluding hydrogens is 341 g/mol. The first-order valence-corrected chi connectivity index (χ1v) is 7.72. The Morgan fingerprint density at radius 2 is 1.50 bits per heavy atom. The quantitative estimate of drug-likeness (QED) is 0.451. The Balaban J connectivity index is 2.10. The molecule has 0 N–H and O–H groups in total. The van der Waals surface area contributed by atoms with Crippen molar-refractivity contribution in [3.8, 4) is 22.5 Å². The third-order valence-electron chi connectivity index (χ3n) is 3.80. The minimum Gasteiger partial charge on any atom is -0.225 e. The molecule has 0 unspecified atom stereocenters. The van der Waals surface area contributed by atoms with Crippen LogP contribution in [-0.4, -0.2) is 15.0 Å². The molecule has 1 heterocycles. The number of hydrogen-bond donors (Lipinski definition) is 0. The first-order chi connectivity index (χ1) is 10.7. The fourth-order valence-electron chi connectivity index (χ4n) is 2.87. The zero-order chi connectivity index (χ0) is 15.3. The number of hydrogen-bond acceptors (Lipinski definition) is 3. The fourth-order valence-corrected chi connectivity index (χ4v) is 3.71. The van der Waals surface area contributed by atoms with Crippen LogP contribution in [0.15, 0.2) is 36.9 Å². The van der Waals surface area contributed by atoms with Crippen molar-refractivity contribution in [3.63, 3.8) is 0 Å². The molecule has 1 aliphatic carbocycles. The Labute approximate surface area is 141 Å². The van der Waals surface area contributed by atoms with Crippen molar-refractivity contribution in [2.75, 3.05) is 0 Å². The largest absolute Gasteiger partial charge is 0.225 e. The topological polar surface area (TPSA) is 38.7 Å². The molecule has 4 rings (SSSR count). The number of halogens is 3. The van der Waals surface area contributed by atoms with Crippen molar-refractivity contribution in [1.29, 1.82) is 0 Å². The lowest BCUT2D eigenvalue weighted by Crippen LogP contribution is -1.97. The Kier molecular flexibility index (Phi) is 3.30. The van der Waals surface area contributed by atoms with Gasteiger partial charge in [0.15, 0.2) is 5.82 Å². The summed E-state index contributed by atoms with van der Waals surface area (Å²) in [5.41, 5.74) is 4.92. The standard InChI is InChI=1S/C16H8Cl3N3/c17-13-11-9-4-2-1-3-8(9)5-10(11)12(14(18)15(13)19)16-21-6-20-7-22-16/h1-4,6-7H,5H2. The molecule has 0 spiro atoms. The third kappa shape index (κ3) is 1.93. The van der Waals surface area contributed by atoms with Gasteiger partial charge in [-0.3, -0.25) is 0 Å². The maximum Gasteiger partial charge on any atom is 0.164 e. The number of aromatic nitrogens is 3. The van der Waals surface area contributed by atoms with Gasteiger partial charge in [-0.25, -0.2) is 15.0 Å². The van der Waals surface area contributed by atoms with Crippen LogP contribution in [0, 0.1) is 0 Å². The Morgan fingerprint density at radius 3 is 2.27 bits per heavy atom. The van der Waals surface area contributed by atoms with Gasteiger partial charge in [-0.2, -0.15) is 0 Å². The van der Waals surface area contributed by atoms with E-state index in [0.717, 1.165) is 28.7 Å². The van der Waals surface area contributed by atoms with Crippen LogP contribution >= 0.6 is 34.8 Å². The minimum atomic E-state index is 0.328. The fraction of sp³-hybridized carbons (Fsp3) is 0.0625. The van der Waals surface area contributed by atoms with Crippen LogP contribution in [0.5, 0.6) is 0 Å². The van der Waals surface area contributed by atoms with Gasteiger partial charge < -0.3 is 0 Å². The van der Waals surface area contributed by atoms with E-state index >= 15 is 0 Å². The molecule has 0 aliphatic heterocycles. The predicted octanol–water partition coefficient (Wildman–Crippen LogP) is 5.07. The van der Waals surface area contributed by atoms with E-state index in [-0.39, 0.29) is 0 Å². The lowest BCUT2D eigenvalue weighted by molar-refractivity contribution is 1.05. The van der Waals surface area contributed by atoms with Crippen LogP contribution in [-0.2, 0) is 6.42 Å². The average molecular weight is 349 g/mol. The minimum absolute atomic E-state index is 0.328. The Bertz CT molecular complexity index is 895. The molecular formula is C16H8Cl3N3. The van der Waals surface area contributed by atoms with Crippen LogP contribution < -0.4 is 0 Å². The van der Waals surface area contributed by atoms with Crippen LogP contribution in [0.4, 0.5) is 0 Å². The summed E-state index contributed by atoms with van der Waals surface area (Å²) in [6, 6.07) is 8.10.